The Balaban J connectivity index is 1.57. The molecule has 1 aromatic carbocycles. The van der Waals surface area contributed by atoms with Crippen molar-refractivity contribution in [1.29, 1.82) is 0 Å². The van der Waals surface area contributed by atoms with E-state index in [9.17, 15) is 8.42 Å². The summed E-state index contributed by atoms with van der Waals surface area (Å²) in [5, 5.41) is 11.6. The average molecular weight is 399 g/mol. The molecule has 1 aromatic rings. The second-order valence-electron chi connectivity index (χ2n) is 6.52. The summed E-state index contributed by atoms with van der Waals surface area (Å²) in [6, 6.07) is 6.58. The molecule has 8 nitrogen and oxygen atoms in total. The van der Waals surface area contributed by atoms with Crippen molar-refractivity contribution in [3.05, 3.63) is 29.8 Å². The Morgan fingerprint density at radius 3 is 2.67 bits per heavy atom. The second kappa shape index (κ2) is 11.2. The maximum atomic E-state index is 11.2. The van der Waals surface area contributed by atoms with Crippen LogP contribution in [0.4, 0.5) is 0 Å². The summed E-state index contributed by atoms with van der Waals surface area (Å²) in [7, 11) is -1.91. The fraction of sp³-hybridized carbons (Fsp3) is 0.611. The smallest absolute Gasteiger partial charge is 0.238 e. The molecule has 152 valence electrons. The van der Waals surface area contributed by atoms with Crippen LogP contribution in [0.3, 0.4) is 0 Å². The van der Waals surface area contributed by atoms with Crippen LogP contribution in [0.1, 0.15) is 18.4 Å². The molecule has 0 spiro atoms. The molecule has 0 bridgehead atoms. The van der Waals surface area contributed by atoms with Crippen molar-refractivity contribution in [2.24, 2.45) is 16.0 Å². The van der Waals surface area contributed by atoms with Crippen LogP contribution in [-0.2, 0) is 25.9 Å². The van der Waals surface area contributed by atoms with Gasteiger partial charge in [-0.3, -0.25) is 4.99 Å². The van der Waals surface area contributed by atoms with Gasteiger partial charge in [0, 0.05) is 39.3 Å². The molecule has 0 saturated carbocycles. The number of ether oxygens (including phenoxy) is 2. The van der Waals surface area contributed by atoms with Crippen molar-refractivity contribution in [3.63, 3.8) is 0 Å². The lowest BCUT2D eigenvalue weighted by Crippen LogP contribution is -2.39. The van der Waals surface area contributed by atoms with Crippen LogP contribution < -0.4 is 15.8 Å². The summed E-state index contributed by atoms with van der Waals surface area (Å²) in [4.78, 5) is 4.31. The molecule has 1 atom stereocenters. The molecule has 1 aliphatic heterocycles. The van der Waals surface area contributed by atoms with Gasteiger partial charge in [-0.2, -0.15) is 0 Å². The zero-order valence-corrected chi connectivity index (χ0v) is 16.6. The average Bonchev–Trinajstić information content (AvgIpc) is 3.16. The van der Waals surface area contributed by atoms with Crippen LogP contribution in [0.2, 0.25) is 0 Å². The van der Waals surface area contributed by atoms with Gasteiger partial charge in [-0.05, 0) is 37.0 Å². The van der Waals surface area contributed by atoms with Gasteiger partial charge in [-0.25, -0.2) is 13.6 Å². The molecule has 27 heavy (non-hydrogen) atoms. The Labute approximate surface area is 161 Å². The number of nitrogens with zero attached hydrogens (tertiary/aromatic N) is 1. The van der Waals surface area contributed by atoms with Gasteiger partial charge in [0.25, 0.3) is 0 Å². The molecule has 0 aliphatic carbocycles. The maximum absolute atomic E-state index is 11.2. The van der Waals surface area contributed by atoms with E-state index in [1.807, 2.05) is 0 Å². The first-order valence-corrected chi connectivity index (χ1v) is 10.8. The molecule has 2 rings (SSSR count). The molecule has 4 N–H and O–H groups in total. The summed E-state index contributed by atoms with van der Waals surface area (Å²) in [5.41, 5.74) is 1.02. The SMILES string of the molecule is CN=C(NCCCOCC1CCOC1)NCCc1ccc(S(N)(=O)=O)cc1. The van der Waals surface area contributed by atoms with E-state index in [2.05, 4.69) is 15.6 Å². The Bertz CT molecular complexity index is 686. The van der Waals surface area contributed by atoms with Crippen molar-refractivity contribution in [2.45, 2.75) is 24.2 Å². The molecule has 0 amide bonds. The Morgan fingerprint density at radius 1 is 1.30 bits per heavy atom. The van der Waals surface area contributed by atoms with Gasteiger partial charge in [-0.1, -0.05) is 12.1 Å². The number of guanidine groups is 1. The van der Waals surface area contributed by atoms with Gasteiger partial charge in [0.1, 0.15) is 0 Å². The number of sulfonamides is 1. The summed E-state index contributed by atoms with van der Waals surface area (Å²) in [6.45, 7) is 4.64. The van der Waals surface area contributed by atoms with Crippen molar-refractivity contribution in [2.75, 3.05) is 46.6 Å². The van der Waals surface area contributed by atoms with Gasteiger partial charge in [0.15, 0.2) is 5.96 Å². The molecule has 1 saturated heterocycles. The van der Waals surface area contributed by atoms with E-state index in [4.69, 9.17) is 14.6 Å². The third kappa shape index (κ3) is 8.25. The van der Waals surface area contributed by atoms with Gasteiger partial charge < -0.3 is 20.1 Å². The Hall–Kier alpha value is -1.68. The standard InChI is InChI=1S/C18H30N4O4S/c1-20-18(21-9-2-11-25-13-16-8-12-26-14-16)22-10-7-15-3-5-17(6-4-15)27(19,23)24/h3-6,16H,2,7-14H2,1H3,(H2,19,23,24)(H2,20,21,22). The summed E-state index contributed by atoms with van der Waals surface area (Å²) >= 11 is 0. The molecule has 0 aromatic heterocycles. The highest BCUT2D eigenvalue weighted by atomic mass is 32.2. The van der Waals surface area contributed by atoms with Crippen LogP contribution in [0.25, 0.3) is 0 Å². The van der Waals surface area contributed by atoms with Crippen LogP contribution in [0, 0.1) is 5.92 Å². The molecule has 0 radical (unpaired) electrons. The third-order valence-electron chi connectivity index (χ3n) is 4.32. The van der Waals surface area contributed by atoms with Crippen molar-refractivity contribution in [3.8, 4) is 0 Å². The molecular weight excluding hydrogens is 368 g/mol. The van der Waals surface area contributed by atoms with E-state index in [0.717, 1.165) is 63.8 Å². The fourth-order valence-corrected chi connectivity index (χ4v) is 3.25. The van der Waals surface area contributed by atoms with E-state index < -0.39 is 10.0 Å². The van der Waals surface area contributed by atoms with E-state index >= 15 is 0 Å². The number of benzene rings is 1. The van der Waals surface area contributed by atoms with Crippen LogP contribution in [0.5, 0.6) is 0 Å². The lowest BCUT2D eigenvalue weighted by Gasteiger charge is -2.13. The number of rotatable bonds is 10. The van der Waals surface area contributed by atoms with Crippen LogP contribution in [-0.4, -0.2) is 60.9 Å². The summed E-state index contributed by atoms with van der Waals surface area (Å²) < 4.78 is 33.5. The first-order valence-electron chi connectivity index (χ1n) is 9.21. The topological polar surface area (TPSA) is 115 Å². The van der Waals surface area contributed by atoms with Crippen molar-refractivity contribution in [1.82, 2.24) is 10.6 Å². The minimum Gasteiger partial charge on any atom is -0.381 e. The highest BCUT2D eigenvalue weighted by Gasteiger charge is 2.15. The molecular formula is C18H30N4O4S. The minimum absolute atomic E-state index is 0.124. The predicted molar refractivity (Wildman–Crippen MR) is 105 cm³/mol. The quantitative estimate of drug-likeness (QED) is 0.300. The third-order valence-corrected chi connectivity index (χ3v) is 5.25. The number of nitrogens with two attached hydrogens (primary N) is 1. The van der Waals surface area contributed by atoms with E-state index in [0.29, 0.717) is 12.5 Å². The zero-order valence-electron chi connectivity index (χ0n) is 15.8. The second-order valence-corrected chi connectivity index (χ2v) is 8.08. The fourth-order valence-electron chi connectivity index (χ4n) is 2.74. The molecule has 1 heterocycles. The molecule has 9 heteroatoms. The zero-order chi connectivity index (χ0) is 19.5. The van der Waals surface area contributed by atoms with E-state index in [1.165, 1.54) is 12.1 Å². The number of aliphatic imine (C=N–C) groups is 1. The molecule has 1 unspecified atom stereocenters. The molecule has 1 fully saturated rings. The van der Waals surface area contributed by atoms with Gasteiger partial charge in [0.2, 0.25) is 10.0 Å². The number of hydrogen-bond acceptors (Lipinski definition) is 5. The highest BCUT2D eigenvalue weighted by molar-refractivity contribution is 7.89. The summed E-state index contributed by atoms with van der Waals surface area (Å²) in [6.07, 6.45) is 2.75. The van der Waals surface area contributed by atoms with Crippen LogP contribution in [0.15, 0.2) is 34.2 Å². The maximum Gasteiger partial charge on any atom is 0.238 e. The summed E-state index contributed by atoms with van der Waals surface area (Å²) in [5.74, 6) is 1.28. The van der Waals surface area contributed by atoms with Gasteiger partial charge >= 0.3 is 0 Å². The first-order chi connectivity index (χ1) is 13.0. The predicted octanol–water partition coefficient (Wildman–Crippen LogP) is 0.485. The van der Waals surface area contributed by atoms with Gasteiger partial charge in [0.05, 0.1) is 18.1 Å². The Kier molecular flexibility index (Phi) is 8.99. The first kappa shape index (κ1) is 21.6. The normalized spacial score (nSPS) is 17.9. The molecule has 1 aliphatic rings. The van der Waals surface area contributed by atoms with Gasteiger partial charge in [-0.15, -0.1) is 0 Å². The number of hydrogen-bond donors (Lipinski definition) is 3. The van der Waals surface area contributed by atoms with Crippen molar-refractivity contribution >= 4 is 16.0 Å². The van der Waals surface area contributed by atoms with Crippen molar-refractivity contribution < 1.29 is 17.9 Å². The largest absolute Gasteiger partial charge is 0.381 e. The lowest BCUT2D eigenvalue weighted by molar-refractivity contribution is 0.0888. The van der Waals surface area contributed by atoms with Crippen LogP contribution >= 0.6 is 0 Å². The minimum atomic E-state index is -3.64. The highest BCUT2D eigenvalue weighted by Crippen LogP contribution is 2.12. The Morgan fingerprint density at radius 2 is 2.04 bits per heavy atom. The van der Waals surface area contributed by atoms with E-state index in [1.54, 1.807) is 19.2 Å². The van der Waals surface area contributed by atoms with E-state index in [-0.39, 0.29) is 4.90 Å². The monoisotopic (exact) mass is 398 g/mol. The number of primary sulfonamides is 1. The lowest BCUT2D eigenvalue weighted by atomic mass is 10.1. The number of nitrogens with one attached hydrogen (secondary N) is 2.